The van der Waals surface area contributed by atoms with Gasteiger partial charge >= 0.3 is 0 Å². The van der Waals surface area contributed by atoms with Crippen LogP contribution in [0.3, 0.4) is 0 Å². The average molecular weight is 324 g/mol. The summed E-state index contributed by atoms with van der Waals surface area (Å²) in [4.78, 5) is 4.66. The normalized spacial score (nSPS) is 14.6. The van der Waals surface area contributed by atoms with Gasteiger partial charge in [0.15, 0.2) is 0 Å². The minimum absolute atomic E-state index is 0.105. The molecule has 0 bridgehead atoms. The molecular weight excluding hydrogens is 296 g/mol. The lowest BCUT2D eigenvalue weighted by Crippen LogP contribution is -2.19. The van der Waals surface area contributed by atoms with Crippen LogP contribution in [0.15, 0.2) is 52.3 Å². The smallest absolute Gasteiger partial charge is 0.122 e. The number of unbranched alkanes of at least 4 members (excludes halogenated alkanes) is 1. The molecule has 1 aromatic rings. The number of nitrogens with one attached hydrogen (secondary N) is 2. The minimum Gasteiger partial charge on any atom is -0.384 e. The topological polar surface area (TPSA) is 74.3 Å². The van der Waals surface area contributed by atoms with Gasteiger partial charge in [-0.2, -0.15) is 0 Å². The van der Waals surface area contributed by atoms with E-state index < -0.39 is 0 Å². The molecule has 0 atom stereocenters. The van der Waals surface area contributed by atoms with Crippen molar-refractivity contribution in [2.24, 2.45) is 10.7 Å². The van der Waals surface area contributed by atoms with Gasteiger partial charge in [-0.15, -0.1) is 0 Å². The summed E-state index contributed by atoms with van der Waals surface area (Å²) in [5.41, 5.74) is 11.1. The second-order valence-corrected chi connectivity index (χ2v) is 6.07. The van der Waals surface area contributed by atoms with E-state index in [1.165, 1.54) is 23.3 Å². The summed E-state index contributed by atoms with van der Waals surface area (Å²) in [5, 5.41) is 11.0. The zero-order chi connectivity index (χ0) is 17.4. The zero-order valence-corrected chi connectivity index (χ0v) is 14.7. The number of nitrogens with two attached hydrogens (primary N) is 1. The van der Waals surface area contributed by atoms with Gasteiger partial charge < -0.3 is 11.1 Å². The van der Waals surface area contributed by atoms with Crippen LogP contribution in [-0.2, 0) is 6.54 Å². The Balaban J connectivity index is 2.08. The lowest BCUT2D eigenvalue weighted by Gasteiger charge is -2.23. The van der Waals surface area contributed by atoms with E-state index in [9.17, 15) is 0 Å². The third-order valence-electron chi connectivity index (χ3n) is 4.22. The number of benzene rings is 1. The van der Waals surface area contributed by atoms with Crippen LogP contribution in [0.25, 0.3) is 0 Å². The molecule has 4 nitrogen and oxygen atoms in total. The molecule has 4 N–H and O–H groups in total. The Labute approximate surface area is 145 Å². The maximum absolute atomic E-state index is 7.46. The van der Waals surface area contributed by atoms with Crippen LogP contribution in [0.5, 0.6) is 0 Å². The molecule has 0 heterocycles. The van der Waals surface area contributed by atoms with Crippen molar-refractivity contribution in [2.45, 2.75) is 52.5 Å². The van der Waals surface area contributed by atoms with Gasteiger partial charge in [0.1, 0.15) is 5.84 Å². The highest BCUT2D eigenvalue weighted by molar-refractivity contribution is 5.94. The highest BCUT2D eigenvalue weighted by Crippen LogP contribution is 2.31. The fourth-order valence-corrected chi connectivity index (χ4v) is 2.57. The fraction of sp³-hybridized carbons (Fsp3) is 0.400. The predicted octanol–water partition coefficient (Wildman–Crippen LogP) is 4.27. The van der Waals surface area contributed by atoms with Gasteiger partial charge in [-0.05, 0) is 43.7 Å². The van der Waals surface area contributed by atoms with Gasteiger partial charge in [-0.25, -0.2) is 0 Å². The van der Waals surface area contributed by atoms with Crippen LogP contribution in [0, 0.1) is 5.41 Å². The van der Waals surface area contributed by atoms with Crippen LogP contribution in [0.2, 0.25) is 0 Å². The molecule has 1 saturated carbocycles. The molecule has 0 spiro atoms. The van der Waals surface area contributed by atoms with Gasteiger partial charge in [0.05, 0.1) is 11.4 Å². The number of nitrogen functional groups attached to an aromatic ring is 1. The number of allylic oxidation sites excluding steroid dienone is 2. The second-order valence-electron chi connectivity index (χ2n) is 6.07. The molecule has 1 aliphatic rings. The van der Waals surface area contributed by atoms with Gasteiger partial charge in [0, 0.05) is 18.3 Å². The molecule has 1 fully saturated rings. The van der Waals surface area contributed by atoms with Crippen LogP contribution in [0.1, 0.15) is 57.1 Å². The standard InChI is InChI=1S/C20H28N4/c1-3-5-13-23-18(4-2)19(16-7-6-8-16)24-14-15-9-11-17(12-10-15)20(21)22/h4,9-13,24H,3,5-8,14H2,1-2H3,(H3,21,22)/b18-4-,23-13?. The fourth-order valence-electron chi connectivity index (χ4n) is 2.57. The SMILES string of the molecule is C/C=C(\N=CCCC)C(NCc1ccc(C(=N)N)cc1)=C1CCC1. The summed E-state index contributed by atoms with van der Waals surface area (Å²) < 4.78 is 0. The first-order valence-corrected chi connectivity index (χ1v) is 8.74. The number of rotatable bonds is 8. The van der Waals surface area contributed by atoms with Crippen molar-refractivity contribution in [3.63, 3.8) is 0 Å². The van der Waals surface area contributed by atoms with Gasteiger partial charge in [0.2, 0.25) is 0 Å². The van der Waals surface area contributed by atoms with E-state index in [-0.39, 0.29) is 5.84 Å². The Morgan fingerprint density at radius 1 is 1.29 bits per heavy atom. The molecule has 0 unspecified atom stereocenters. The highest BCUT2D eigenvalue weighted by atomic mass is 14.9. The molecule has 1 aromatic carbocycles. The summed E-state index contributed by atoms with van der Waals surface area (Å²) >= 11 is 0. The van der Waals surface area contributed by atoms with Crippen LogP contribution in [0.4, 0.5) is 0 Å². The maximum Gasteiger partial charge on any atom is 0.122 e. The van der Waals surface area contributed by atoms with E-state index in [1.54, 1.807) is 0 Å². The molecule has 1 aliphatic carbocycles. The lowest BCUT2D eigenvalue weighted by molar-refractivity contribution is 0.629. The summed E-state index contributed by atoms with van der Waals surface area (Å²) in [6, 6.07) is 7.82. The van der Waals surface area contributed by atoms with Gasteiger partial charge in [0.25, 0.3) is 0 Å². The lowest BCUT2D eigenvalue weighted by atomic mass is 9.89. The predicted molar refractivity (Wildman–Crippen MR) is 102 cm³/mol. The van der Waals surface area contributed by atoms with Crippen LogP contribution in [-0.4, -0.2) is 12.1 Å². The van der Waals surface area contributed by atoms with Crippen LogP contribution < -0.4 is 11.1 Å². The van der Waals surface area contributed by atoms with Crippen molar-refractivity contribution in [3.8, 4) is 0 Å². The van der Waals surface area contributed by atoms with E-state index in [0.717, 1.165) is 43.5 Å². The Kier molecular flexibility index (Phi) is 6.79. The first-order chi connectivity index (χ1) is 11.7. The number of amidine groups is 1. The Morgan fingerprint density at radius 2 is 2.00 bits per heavy atom. The third kappa shape index (κ3) is 4.82. The molecular formula is C20H28N4. The zero-order valence-electron chi connectivity index (χ0n) is 14.7. The monoisotopic (exact) mass is 324 g/mol. The number of hydrogen-bond acceptors (Lipinski definition) is 3. The average Bonchev–Trinajstić information content (AvgIpc) is 2.54. The number of aliphatic imine (C=N–C) groups is 1. The van der Waals surface area contributed by atoms with Crippen molar-refractivity contribution < 1.29 is 0 Å². The van der Waals surface area contributed by atoms with Crippen molar-refractivity contribution in [3.05, 3.63) is 58.4 Å². The summed E-state index contributed by atoms with van der Waals surface area (Å²) in [6.07, 6.45) is 9.80. The van der Waals surface area contributed by atoms with Crippen molar-refractivity contribution >= 4 is 12.1 Å². The van der Waals surface area contributed by atoms with Crippen LogP contribution >= 0.6 is 0 Å². The Bertz CT molecular complexity index is 645. The van der Waals surface area contributed by atoms with Crippen molar-refractivity contribution in [1.29, 1.82) is 5.41 Å². The quantitative estimate of drug-likeness (QED) is 0.493. The first kappa shape index (κ1) is 18.0. The number of nitrogens with zero attached hydrogens (tertiary/aromatic N) is 1. The molecule has 0 aliphatic heterocycles. The van der Waals surface area contributed by atoms with E-state index in [0.29, 0.717) is 0 Å². The van der Waals surface area contributed by atoms with Crippen molar-refractivity contribution in [1.82, 2.24) is 5.32 Å². The molecule has 4 heteroatoms. The minimum atomic E-state index is 0.105. The Hall–Kier alpha value is -2.36. The largest absolute Gasteiger partial charge is 0.384 e. The van der Waals surface area contributed by atoms with E-state index in [2.05, 4.69) is 23.3 Å². The third-order valence-corrected chi connectivity index (χ3v) is 4.22. The van der Waals surface area contributed by atoms with E-state index >= 15 is 0 Å². The molecule has 0 amide bonds. The van der Waals surface area contributed by atoms with Crippen molar-refractivity contribution in [2.75, 3.05) is 0 Å². The molecule has 0 radical (unpaired) electrons. The van der Waals surface area contributed by atoms with E-state index in [1.807, 2.05) is 37.4 Å². The maximum atomic E-state index is 7.46. The van der Waals surface area contributed by atoms with E-state index in [4.69, 9.17) is 11.1 Å². The second kappa shape index (κ2) is 9.06. The highest BCUT2D eigenvalue weighted by Gasteiger charge is 2.17. The van der Waals surface area contributed by atoms with Gasteiger partial charge in [-0.3, -0.25) is 10.4 Å². The molecule has 128 valence electrons. The summed E-state index contributed by atoms with van der Waals surface area (Å²) in [5.74, 6) is 0.105. The Morgan fingerprint density at radius 3 is 2.50 bits per heavy atom. The molecule has 0 saturated heterocycles. The summed E-state index contributed by atoms with van der Waals surface area (Å²) in [7, 11) is 0. The van der Waals surface area contributed by atoms with Gasteiger partial charge in [-0.1, -0.05) is 43.7 Å². The molecule has 0 aromatic heterocycles. The first-order valence-electron chi connectivity index (χ1n) is 8.74. The summed E-state index contributed by atoms with van der Waals surface area (Å²) in [6.45, 7) is 4.95. The molecule has 24 heavy (non-hydrogen) atoms. The molecule has 2 rings (SSSR count). The number of hydrogen-bond donors (Lipinski definition) is 3.